The van der Waals surface area contributed by atoms with E-state index < -0.39 is 0 Å². The number of nitrogens with zero attached hydrogens (tertiary/aromatic N) is 1. The van der Waals surface area contributed by atoms with E-state index in [2.05, 4.69) is 10.2 Å². The summed E-state index contributed by atoms with van der Waals surface area (Å²) in [6.07, 6.45) is 7.95. The Morgan fingerprint density at radius 3 is 2.61 bits per heavy atom. The van der Waals surface area contributed by atoms with E-state index in [0.717, 1.165) is 32.8 Å². The normalized spacial score (nSPS) is 23.8. The number of ether oxygens (including phenoxy) is 1. The zero-order valence-corrected chi connectivity index (χ0v) is 11.4. The lowest BCUT2D eigenvalue weighted by molar-refractivity contribution is 0.0573. The molecule has 0 spiro atoms. The van der Waals surface area contributed by atoms with Gasteiger partial charge in [0.2, 0.25) is 0 Å². The summed E-state index contributed by atoms with van der Waals surface area (Å²) < 4.78 is 5.76. The van der Waals surface area contributed by atoms with Gasteiger partial charge in [-0.1, -0.05) is 12.8 Å². The van der Waals surface area contributed by atoms with Crippen LogP contribution in [0.15, 0.2) is 0 Å². The molecule has 0 aromatic rings. The summed E-state index contributed by atoms with van der Waals surface area (Å²) in [5.41, 5.74) is 0. The summed E-state index contributed by atoms with van der Waals surface area (Å²) in [6, 6.07) is 0. The average Bonchev–Trinajstić information content (AvgIpc) is 3.01. The molecule has 4 heteroatoms. The third-order valence-corrected chi connectivity index (χ3v) is 3.98. The van der Waals surface area contributed by atoms with Crippen molar-refractivity contribution in [2.45, 2.75) is 50.7 Å². The van der Waals surface area contributed by atoms with E-state index in [1.54, 1.807) is 0 Å². The first-order valence-electron chi connectivity index (χ1n) is 7.57. The monoisotopic (exact) mass is 256 g/mol. The highest BCUT2D eigenvalue weighted by Crippen LogP contribution is 2.20. The molecule has 2 rings (SSSR count). The second-order valence-electron chi connectivity index (χ2n) is 5.64. The number of hydrogen-bond donors (Lipinski definition) is 2. The van der Waals surface area contributed by atoms with Crippen molar-refractivity contribution in [2.75, 3.05) is 39.3 Å². The van der Waals surface area contributed by atoms with E-state index in [-0.39, 0.29) is 6.10 Å². The fourth-order valence-corrected chi connectivity index (χ4v) is 2.95. The Hall–Kier alpha value is -0.160. The van der Waals surface area contributed by atoms with Crippen LogP contribution in [-0.4, -0.2) is 61.5 Å². The second kappa shape index (κ2) is 8.10. The molecular weight excluding hydrogens is 228 g/mol. The fourth-order valence-electron chi connectivity index (χ4n) is 2.95. The number of likely N-dealkylation sites (tertiary alicyclic amines) is 1. The first-order valence-corrected chi connectivity index (χ1v) is 7.57. The lowest BCUT2D eigenvalue weighted by atomic mass is 10.3. The molecule has 0 radical (unpaired) electrons. The van der Waals surface area contributed by atoms with Crippen LogP contribution < -0.4 is 5.32 Å². The van der Waals surface area contributed by atoms with E-state index in [1.807, 2.05) is 0 Å². The molecule has 2 N–H and O–H groups in total. The number of nitrogens with one attached hydrogen (secondary N) is 1. The van der Waals surface area contributed by atoms with Crippen LogP contribution in [0.5, 0.6) is 0 Å². The molecule has 0 amide bonds. The Kier molecular flexibility index (Phi) is 6.41. The minimum atomic E-state index is -0.241. The lowest BCUT2D eigenvalue weighted by Gasteiger charge is -2.19. The van der Waals surface area contributed by atoms with Gasteiger partial charge in [0.1, 0.15) is 0 Å². The molecule has 1 atom stereocenters. The van der Waals surface area contributed by atoms with Crippen molar-refractivity contribution < 1.29 is 9.84 Å². The lowest BCUT2D eigenvalue weighted by Crippen LogP contribution is -2.38. The van der Waals surface area contributed by atoms with Gasteiger partial charge in [-0.3, -0.25) is 0 Å². The maximum atomic E-state index is 9.88. The van der Waals surface area contributed by atoms with Gasteiger partial charge in [-0.25, -0.2) is 0 Å². The molecule has 0 aromatic heterocycles. The molecule has 1 saturated carbocycles. The van der Waals surface area contributed by atoms with Crippen molar-refractivity contribution in [2.24, 2.45) is 0 Å². The van der Waals surface area contributed by atoms with Crippen LogP contribution in [0.4, 0.5) is 0 Å². The molecule has 2 fully saturated rings. The Morgan fingerprint density at radius 2 is 1.89 bits per heavy atom. The Balaban J connectivity index is 1.42. The highest BCUT2D eigenvalue weighted by atomic mass is 16.5. The highest BCUT2D eigenvalue weighted by Gasteiger charge is 2.16. The first-order chi connectivity index (χ1) is 8.84. The van der Waals surface area contributed by atoms with Gasteiger partial charge in [-0.05, 0) is 38.8 Å². The number of aliphatic hydroxyl groups is 1. The van der Waals surface area contributed by atoms with Gasteiger partial charge in [0.15, 0.2) is 0 Å². The average molecular weight is 256 g/mol. The van der Waals surface area contributed by atoms with Gasteiger partial charge in [0, 0.05) is 19.6 Å². The fraction of sp³-hybridized carbons (Fsp3) is 1.00. The van der Waals surface area contributed by atoms with Crippen molar-refractivity contribution in [3.63, 3.8) is 0 Å². The molecule has 2 aliphatic rings. The standard InChI is InChI=1S/C14H28N2O2/c17-13(12-16-8-3-4-9-16)11-15-7-10-18-14-5-1-2-6-14/h13-15,17H,1-12H2. The molecule has 0 aromatic carbocycles. The number of β-amino-alcohol motifs (C(OH)–C–C–N with tert-alkyl or cyclic N) is 1. The number of rotatable bonds is 8. The van der Waals surface area contributed by atoms with Crippen LogP contribution in [0.2, 0.25) is 0 Å². The number of hydrogen-bond acceptors (Lipinski definition) is 4. The number of aliphatic hydroxyl groups excluding tert-OH is 1. The Morgan fingerprint density at radius 1 is 1.17 bits per heavy atom. The molecule has 0 bridgehead atoms. The third-order valence-electron chi connectivity index (χ3n) is 3.98. The Labute approximate surface area is 111 Å². The smallest absolute Gasteiger partial charge is 0.0791 e. The molecule has 1 aliphatic carbocycles. The summed E-state index contributed by atoms with van der Waals surface area (Å²) >= 11 is 0. The minimum absolute atomic E-state index is 0.241. The van der Waals surface area contributed by atoms with Crippen LogP contribution in [0.1, 0.15) is 38.5 Å². The van der Waals surface area contributed by atoms with Crippen molar-refractivity contribution in [1.29, 1.82) is 0 Å². The van der Waals surface area contributed by atoms with Crippen LogP contribution in [0, 0.1) is 0 Å². The van der Waals surface area contributed by atoms with Gasteiger partial charge in [0.25, 0.3) is 0 Å². The molecule has 4 nitrogen and oxygen atoms in total. The van der Waals surface area contributed by atoms with Gasteiger partial charge in [-0.2, -0.15) is 0 Å². The summed E-state index contributed by atoms with van der Waals surface area (Å²) in [4.78, 5) is 2.35. The first kappa shape index (κ1) is 14.3. The van der Waals surface area contributed by atoms with Crippen molar-refractivity contribution in [3.05, 3.63) is 0 Å². The van der Waals surface area contributed by atoms with Crippen molar-refractivity contribution in [3.8, 4) is 0 Å². The van der Waals surface area contributed by atoms with E-state index >= 15 is 0 Å². The molecule has 1 aliphatic heterocycles. The van der Waals surface area contributed by atoms with Crippen molar-refractivity contribution in [1.82, 2.24) is 10.2 Å². The van der Waals surface area contributed by atoms with Crippen LogP contribution >= 0.6 is 0 Å². The van der Waals surface area contributed by atoms with Crippen molar-refractivity contribution >= 4 is 0 Å². The Bertz CT molecular complexity index is 214. The zero-order chi connectivity index (χ0) is 12.6. The maximum absolute atomic E-state index is 9.88. The molecule has 1 unspecified atom stereocenters. The van der Waals surface area contributed by atoms with E-state index in [1.165, 1.54) is 38.5 Å². The third kappa shape index (κ3) is 5.22. The summed E-state index contributed by atoms with van der Waals surface area (Å²) in [7, 11) is 0. The largest absolute Gasteiger partial charge is 0.390 e. The van der Waals surface area contributed by atoms with E-state index in [0.29, 0.717) is 12.6 Å². The van der Waals surface area contributed by atoms with Gasteiger partial charge >= 0.3 is 0 Å². The van der Waals surface area contributed by atoms with E-state index in [9.17, 15) is 5.11 Å². The topological polar surface area (TPSA) is 44.7 Å². The van der Waals surface area contributed by atoms with Crippen LogP contribution in [-0.2, 0) is 4.74 Å². The summed E-state index contributed by atoms with van der Waals surface area (Å²) in [6.45, 7) is 5.44. The van der Waals surface area contributed by atoms with Crippen LogP contribution in [0.3, 0.4) is 0 Å². The minimum Gasteiger partial charge on any atom is -0.390 e. The van der Waals surface area contributed by atoms with Gasteiger partial charge < -0.3 is 20.1 Å². The molecule has 18 heavy (non-hydrogen) atoms. The quantitative estimate of drug-likeness (QED) is 0.636. The second-order valence-corrected chi connectivity index (χ2v) is 5.64. The molecule has 106 valence electrons. The van der Waals surface area contributed by atoms with Gasteiger partial charge in [-0.15, -0.1) is 0 Å². The van der Waals surface area contributed by atoms with Gasteiger partial charge in [0.05, 0.1) is 18.8 Å². The zero-order valence-electron chi connectivity index (χ0n) is 11.4. The molecule has 1 heterocycles. The van der Waals surface area contributed by atoms with Crippen LogP contribution in [0.25, 0.3) is 0 Å². The summed E-state index contributed by atoms with van der Waals surface area (Å²) in [5.74, 6) is 0. The summed E-state index contributed by atoms with van der Waals surface area (Å²) in [5, 5.41) is 13.2. The SMILES string of the molecule is OC(CNCCOC1CCCC1)CN1CCCC1. The predicted octanol–water partition coefficient (Wildman–Crippen LogP) is 0.992. The maximum Gasteiger partial charge on any atom is 0.0791 e. The molecule has 1 saturated heterocycles. The molecular formula is C14H28N2O2. The predicted molar refractivity (Wildman–Crippen MR) is 72.8 cm³/mol. The van der Waals surface area contributed by atoms with E-state index in [4.69, 9.17) is 4.74 Å². The highest BCUT2D eigenvalue weighted by molar-refractivity contribution is 4.71.